The van der Waals surface area contributed by atoms with Gasteiger partial charge < -0.3 is 16.2 Å². The highest BCUT2D eigenvalue weighted by Gasteiger charge is 2.37. The van der Waals surface area contributed by atoms with E-state index in [1.807, 2.05) is 24.3 Å². The highest BCUT2D eigenvalue weighted by atomic mass is 79.9. The van der Waals surface area contributed by atoms with Crippen LogP contribution in [0.4, 0.5) is 0 Å². The molecule has 0 radical (unpaired) electrons. The largest absolute Gasteiger partial charge is 0.387 e. The Bertz CT molecular complexity index is 455. The Kier molecular flexibility index (Phi) is 5.18. The molecule has 0 aliphatic heterocycles. The van der Waals surface area contributed by atoms with Crippen molar-refractivity contribution in [2.75, 3.05) is 6.54 Å². The number of aliphatic hydroxyl groups excluding tert-OH is 1. The van der Waals surface area contributed by atoms with E-state index in [-0.39, 0.29) is 5.91 Å². The molecule has 1 unspecified atom stereocenters. The van der Waals surface area contributed by atoms with Gasteiger partial charge in [-0.15, -0.1) is 0 Å². The molecular formula is C15H21BrN2O2. The summed E-state index contributed by atoms with van der Waals surface area (Å²) in [6.07, 6.45) is 4.03. The fourth-order valence-electron chi connectivity index (χ4n) is 2.76. The van der Waals surface area contributed by atoms with Crippen LogP contribution in [0.1, 0.15) is 43.8 Å². The number of amides is 1. The normalized spacial score (nSPS) is 19.5. The first-order chi connectivity index (χ1) is 9.53. The molecule has 0 spiro atoms. The second kappa shape index (κ2) is 6.70. The zero-order chi connectivity index (χ0) is 14.6. The lowest BCUT2D eigenvalue weighted by Crippen LogP contribution is -2.57. The van der Waals surface area contributed by atoms with E-state index in [0.29, 0.717) is 6.54 Å². The van der Waals surface area contributed by atoms with Crippen molar-refractivity contribution in [3.05, 3.63) is 34.3 Å². The zero-order valence-electron chi connectivity index (χ0n) is 11.4. The van der Waals surface area contributed by atoms with Gasteiger partial charge in [0, 0.05) is 11.0 Å². The highest BCUT2D eigenvalue weighted by Crippen LogP contribution is 2.28. The number of nitrogens with two attached hydrogens (primary N) is 1. The lowest BCUT2D eigenvalue weighted by Gasteiger charge is -2.36. The van der Waals surface area contributed by atoms with E-state index in [9.17, 15) is 9.90 Å². The Morgan fingerprint density at radius 3 is 2.45 bits per heavy atom. The summed E-state index contributed by atoms with van der Waals surface area (Å²) in [5, 5.41) is 13.4. The summed E-state index contributed by atoms with van der Waals surface area (Å²) in [6.45, 7) is 0.338. The maximum Gasteiger partial charge on any atom is 0.237 e. The number of benzene rings is 1. The highest BCUT2D eigenvalue weighted by molar-refractivity contribution is 9.10. The summed E-state index contributed by atoms with van der Waals surface area (Å²) in [5.41, 5.74) is 5.74. The number of hydrogen-bond donors (Lipinski definition) is 3. The first-order valence-electron chi connectivity index (χ1n) is 7.02. The van der Waals surface area contributed by atoms with Crippen LogP contribution in [-0.4, -0.2) is 23.1 Å². The van der Waals surface area contributed by atoms with Crippen LogP contribution in [0.15, 0.2) is 28.7 Å². The standard InChI is InChI=1S/C15H21BrN2O2/c16-12-6-4-11(5-7-12)13(19)10-18-15(14(17)20)8-2-1-3-9-15/h4-7,13,18-19H,1-3,8-10H2,(H2,17,20). The first-order valence-corrected chi connectivity index (χ1v) is 7.81. The Labute approximate surface area is 127 Å². The molecule has 1 aromatic carbocycles. The van der Waals surface area contributed by atoms with E-state index in [4.69, 9.17) is 5.73 Å². The molecule has 0 heterocycles. The molecule has 1 fully saturated rings. The van der Waals surface area contributed by atoms with Crippen molar-refractivity contribution >= 4 is 21.8 Å². The summed E-state index contributed by atoms with van der Waals surface area (Å²) in [6, 6.07) is 7.52. The third kappa shape index (κ3) is 3.59. The van der Waals surface area contributed by atoms with Gasteiger partial charge in [-0.25, -0.2) is 0 Å². The van der Waals surface area contributed by atoms with Gasteiger partial charge in [0.1, 0.15) is 0 Å². The number of nitrogens with one attached hydrogen (secondary N) is 1. The van der Waals surface area contributed by atoms with Crippen molar-refractivity contribution in [2.45, 2.75) is 43.7 Å². The minimum atomic E-state index is -0.644. The van der Waals surface area contributed by atoms with Crippen LogP contribution in [-0.2, 0) is 4.79 Å². The Hall–Kier alpha value is -0.910. The molecule has 4 nitrogen and oxygen atoms in total. The van der Waals surface area contributed by atoms with Crippen molar-refractivity contribution in [1.29, 1.82) is 0 Å². The predicted molar refractivity (Wildman–Crippen MR) is 82.1 cm³/mol. The van der Waals surface area contributed by atoms with Crippen LogP contribution >= 0.6 is 15.9 Å². The van der Waals surface area contributed by atoms with Crippen LogP contribution in [0.25, 0.3) is 0 Å². The van der Waals surface area contributed by atoms with E-state index >= 15 is 0 Å². The maximum atomic E-state index is 11.7. The van der Waals surface area contributed by atoms with Gasteiger partial charge in [0.15, 0.2) is 0 Å². The van der Waals surface area contributed by atoms with E-state index in [1.54, 1.807) is 0 Å². The predicted octanol–water partition coefficient (Wildman–Crippen LogP) is 2.26. The maximum absolute atomic E-state index is 11.7. The SMILES string of the molecule is NC(=O)C1(NCC(O)c2ccc(Br)cc2)CCCCC1. The number of hydrogen-bond acceptors (Lipinski definition) is 3. The van der Waals surface area contributed by atoms with Gasteiger partial charge in [-0.05, 0) is 30.5 Å². The number of β-amino-alcohol motifs (C(OH)–C–C–N with tert-alkyl or cyclic N) is 1. The molecule has 0 saturated heterocycles. The van der Waals surface area contributed by atoms with Gasteiger partial charge in [0.25, 0.3) is 0 Å². The number of carbonyl (C=O) groups excluding carboxylic acids is 1. The molecule has 4 N–H and O–H groups in total. The molecule has 110 valence electrons. The third-order valence-corrected chi connectivity index (χ3v) is 4.60. The lowest BCUT2D eigenvalue weighted by atomic mass is 9.81. The third-order valence-electron chi connectivity index (χ3n) is 4.07. The molecule has 20 heavy (non-hydrogen) atoms. The molecule has 1 atom stereocenters. The Balaban J connectivity index is 1.98. The molecular weight excluding hydrogens is 320 g/mol. The quantitative estimate of drug-likeness (QED) is 0.769. The fraction of sp³-hybridized carbons (Fsp3) is 0.533. The second-order valence-electron chi connectivity index (χ2n) is 5.46. The minimum Gasteiger partial charge on any atom is -0.387 e. The van der Waals surface area contributed by atoms with Gasteiger partial charge >= 0.3 is 0 Å². The average Bonchev–Trinajstić information content (AvgIpc) is 2.46. The second-order valence-corrected chi connectivity index (χ2v) is 6.37. The van der Waals surface area contributed by atoms with Crippen molar-refractivity contribution in [1.82, 2.24) is 5.32 Å². The zero-order valence-corrected chi connectivity index (χ0v) is 13.0. The van der Waals surface area contributed by atoms with Crippen LogP contribution < -0.4 is 11.1 Å². The van der Waals surface area contributed by atoms with E-state index in [1.165, 1.54) is 0 Å². The van der Waals surface area contributed by atoms with Crippen molar-refractivity contribution in [3.8, 4) is 0 Å². The topological polar surface area (TPSA) is 75.4 Å². The van der Waals surface area contributed by atoms with Crippen LogP contribution in [0.2, 0.25) is 0 Å². The van der Waals surface area contributed by atoms with Crippen molar-refractivity contribution < 1.29 is 9.90 Å². The van der Waals surface area contributed by atoms with Crippen LogP contribution in [0.5, 0.6) is 0 Å². The van der Waals surface area contributed by atoms with Gasteiger partial charge in [-0.3, -0.25) is 4.79 Å². The lowest BCUT2D eigenvalue weighted by molar-refractivity contribution is -0.126. The summed E-state index contributed by atoms with van der Waals surface area (Å²) in [4.78, 5) is 11.7. The van der Waals surface area contributed by atoms with Crippen LogP contribution in [0, 0.1) is 0 Å². The molecule has 1 aromatic rings. The van der Waals surface area contributed by atoms with Gasteiger partial charge in [-0.1, -0.05) is 47.3 Å². The summed E-state index contributed by atoms with van der Waals surface area (Å²) < 4.78 is 0.974. The number of aliphatic hydroxyl groups is 1. The van der Waals surface area contributed by atoms with Gasteiger partial charge in [0.05, 0.1) is 11.6 Å². The summed E-state index contributed by atoms with van der Waals surface area (Å²) in [5.74, 6) is -0.305. The molecule has 1 amide bonds. The minimum absolute atomic E-state index is 0.305. The number of rotatable bonds is 5. The number of carbonyl (C=O) groups is 1. The number of halogens is 1. The van der Waals surface area contributed by atoms with Crippen molar-refractivity contribution in [3.63, 3.8) is 0 Å². The molecule has 2 rings (SSSR count). The van der Waals surface area contributed by atoms with E-state index in [2.05, 4.69) is 21.2 Å². The summed E-state index contributed by atoms with van der Waals surface area (Å²) >= 11 is 3.37. The number of primary amides is 1. The smallest absolute Gasteiger partial charge is 0.237 e. The molecule has 0 bridgehead atoms. The summed E-state index contributed by atoms with van der Waals surface area (Å²) in [7, 11) is 0. The first kappa shape index (κ1) is 15.5. The average molecular weight is 341 g/mol. The molecule has 5 heteroatoms. The molecule has 1 aliphatic rings. The molecule has 1 saturated carbocycles. The Morgan fingerprint density at radius 1 is 1.30 bits per heavy atom. The van der Waals surface area contributed by atoms with Gasteiger partial charge in [-0.2, -0.15) is 0 Å². The van der Waals surface area contributed by atoms with E-state index < -0.39 is 11.6 Å². The molecule has 1 aliphatic carbocycles. The van der Waals surface area contributed by atoms with Gasteiger partial charge in [0.2, 0.25) is 5.91 Å². The van der Waals surface area contributed by atoms with Crippen LogP contribution in [0.3, 0.4) is 0 Å². The monoisotopic (exact) mass is 340 g/mol. The van der Waals surface area contributed by atoms with E-state index in [0.717, 1.165) is 42.1 Å². The molecule has 0 aromatic heterocycles. The Morgan fingerprint density at radius 2 is 1.90 bits per heavy atom. The fourth-order valence-corrected chi connectivity index (χ4v) is 3.02. The van der Waals surface area contributed by atoms with Crippen molar-refractivity contribution in [2.24, 2.45) is 5.73 Å².